The monoisotopic (exact) mass is 382 g/mol. The molecule has 0 spiro atoms. The van der Waals surface area contributed by atoms with Gasteiger partial charge in [-0.05, 0) is 75.7 Å². The lowest BCUT2D eigenvalue weighted by Crippen LogP contribution is -2.62. The fourth-order valence-corrected chi connectivity index (χ4v) is 2.53. The van der Waals surface area contributed by atoms with E-state index in [0.29, 0.717) is 0 Å². The molecule has 154 valence electrons. The van der Waals surface area contributed by atoms with Crippen molar-refractivity contribution in [1.82, 2.24) is 9.91 Å². The Balaban J connectivity index is 6.12. The molecule has 4 amide bonds. The molecule has 2 N–H and O–H groups in total. The van der Waals surface area contributed by atoms with Gasteiger partial charge in [0.05, 0.1) is 22.2 Å². The van der Waals surface area contributed by atoms with Crippen molar-refractivity contribution in [1.29, 1.82) is 0 Å². The van der Waals surface area contributed by atoms with Gasteiger partial charge in [0.1, 0.15) is 0 Å². The molecular weight excluding hydrogens is 348 g/mol. The molecular formula is C18H34N6O3. The summed E-state index contributed by atoms with van der Waals surface area (Å²) in [5.74, 6) is 5.97. The SMILES string of the molecule is CC(C)(C)N=NC(=O)N(C(=O)N(N)C(C)(C)C)C(C)(C)CC(C)(C)N=C=O. The zero-order chi connectivity index (χ0) is 21.8. The van der Waals surface area contributed by atoms with Crippen LogP contribution >= 0.6 is 0 Å². The van der Waals surface area contributed by atoms with Crippen LogP contribution in [0.3, 0.4) is 0 Å². The van der Waals surface area contributed by atoms with Crippen LogP contribution in [0, 0.1) is 0 Å². The van der Waals surface area contributed by atoms with Gasteiger partial charge >= 0.3 is 12.1 Å². The molecule has 0 aliphatic heterocycles. The number of nitrogens with zero attached hydrogens (tertiary/aromatic N) is 5. The number of isocyanates is 1. The third-order valence-corrected chi connectivity index (χ3v) is 3.57. The molecule has 9 nitrogen and oxygen atoms in total. The Hall–Kier alpha value is -2.12. The number of imide groups is 1. The van der Waals surface area contributed by atoms with Gasteiger partial charge in [0.15, 0.2) is 0 Å². The number of nitrogens with two attached hydrogens (primary N) is 1. The van der Waals surface area contributed by atoms with Crippen LogP contribution < -0.4 is 5.84 Å². The summed E-state index contributed by atoms with van der Waals surface area (Å²) < 4.78 is 0. The third-order valence-electron chi connectivity index (χ3n) is 3.57. The summed E-state index contributed by atoms with van der Waals surface area (Å²) in [6.07, 6.45) is 1.73. The first kappa shape index (κ1) is 24.9. The Labute approximate surface area is 162 Å². The third kappa shape index (κ3) is 7.97. The minimum Gasteiger partial charge on any atom is -0.257 e. The van der Waals surface area contributed by atoms with Crippen LogP contribution in [-0.4, -0.2) is 50.2 Å². The Morgan fingerprint density at radius 1 is 0.963 bits per heavy atom. The zero-order valence-electron chi connectivity index (χ0n) is 18.2. The van der Waals surface area contributed by atoms with E-state index in [4.69, 9.17) is 5.84 Å². The van der Waals surface area contributed by atoms with Gasteiger partial charge in [0.2, 0.25) is 6.08 Å². The Morgan fingerprint density at radius 3 is 1.81 bits per heavy atom. The number of azo groups is 1. The van der Waals surface area contributed by atoms with E-state index in [9.17, 15) is 14.4 Å². The predicted molar refractivity (Wildman–Crippen MR) is 104 cm³/mol. The zero-order valence-corrected chi connectivity index (χ0v) is 18.2. The van der Waals surface area contributed by atoms with E-state index in [1.165, 1.54) is 6.08 Å². The van der Waals surface area contributed by atoms with Crippen molar-refractivity contribution in [3.63, 3.8) is 0 Å². The van der Waals surface area contributed by atoms with E-state index in [1.54, 1.807) is 69.2 Å². The average Bonchev–Trinajstić information content (AvgIpc) is 2.40. The number of aliphatic imine (C=N–C) groups is 1. The van der Waals surface area contributed by atoms with Crippen LogP contribution in [0.4, 0.5) is 9.59 Å². The highest BCUT2D eigenvalue weighted by molar-refractivity contribution is 5.94. The number of carbonyl (C=O) groups excluding carboxylic acids is 3. The standard InChI is InChI=1S/C18H34N6O3/c1-15(2,3)22-21-13(26)23(14(27)24(19)16(4,5)6)18(9,10)11-17(7,8)20-12-25/h11,19H2,1-10H3. The lowest BCUT2D eigenvalue weighted by molar-refractivity contribution is 0.0796. The van der Waals surface area contributed by atoms with Gasteiger partial charge in [0, 0.05) is 0 Å². The van der Waals surface area contributed by atoms with Crippen molar-refractivity contribution in [3.8, 4) is 0 Å². The normalized spacial score (nSPS) is 13.3. The van der Waals surface area contributed by atoms with Crippen LogP contribution in [0.5, 0.6) is 0 Å². The van der Waals surface area contributed by atoms with Crippen LogP contribution in [0.2, 0.25) is 0 Å². The highest BCUT2D eigenvalue weighted by atomic mass is 16.2. The van der Waals surface area contributed by atoms with Crippen molar-refractivity contribution in [2.45, 2.75) is 97.8 Å². The molecule has 27 heavy (non-hydrogen) atoms. The summed E-state index contributed by atoms with van der Waals surface area (Å²) in [5.41, 5.74) is -3.18. The van der Waals surface area contributed by atoms with Gasteiger partial charge in [-0.1, -0.05) is 5.11 Å². The number of carbonyl (C=O) groups is 2. The second-order valence-electron chi connectivity index (χ2n) is 9.82. The number of hydrazine groups is 1. The molecule has 0 fully saturated rings. The van der Waals surface area contributed by atoms with Crippen LogP contribution in [0.1, 0.15) is 75.7 Å². The summed E-state index contributed by atoms with van der Waals surface area (Å²) >= 11 is 0. The molecule has 0 aromatic rings. The summed E-state index contributed by atoms with van der Waals surface area (Å²) in [5, 5.41) is 8.67. The van der Waals surface area contributed by atoms with Crippen molar-refractivity contribution >= 4 is 18.1 Å². The number of amides is 4. The van der Waals surface area contributed by atoms with Gasteiger partial charge in [-0.25, -0.2) is 25.1 Å². The van der Waals surface area contributed by atoms with E-state index >= 15 is 0 Å². The van der Waals surface area contributed by atoms with Crippen molar-refractivity contribution in [2.75, 3.05) is 0 Å². The molecule has 0 radical (unpaired) electrons. The Bertz CT molecular complexity index is 634. The molecule has 0 bridgehead atoms. The van der Waals surface area contributed by atoms with E-state index in [-0.39, 0.29) is 6.42 Å². The average molecular weight is 383 g/mol. The van der Waals surface area contributed by atoms with E-state index in [2.05, 4.69) is 15.2 Å². The largest absolute Gasteiger partial charge is 0.370 e. The molecule has 0 unspecified atom stereocenters. The number of rotatable bonds is 4. The smallest absolute Gasteiger partial charge is 0.257 e. The van der Waals surface area contributed by atoms with Crippen molar-refractivity contribution < 1.29 is 14.4 Å². The maximum atomic E-state index is 13.0. The fraction of sp³-hybridized carbons (Fsp3) is 0.833. The first-order valence-electron chi connectivity index (χ1n) is 8.79. The predicted octanol–water partition coefficient (Wildman–Crippen LogP) is 4.04. The maximum absolute atomic E-state index is 13.0. The molecule has 0 atom stereocenters. The minimum atomic E-state index is -1.04. The van der Waals surface area contributed by atoms with Crippen LogP contribution in [-0.2, 0) is 4.79 Å². The molecule has 0 aromatic heterocycles. The lowest BCUT2D eigenvalue weighted by atomic mass is 9.86. The lowest BCUT2D eigenvalue weighted by Gasteiger charge is -2.42. The molecule has 0 aliphatic rings. The molecule has 0 rings (SSSR count). The molecule has 9 heteroatoms. The fourth-order valence-electron chi connectivity index (χ4n) is 2.53. The summed E-state index contributed by atoms with van der Waals surface area (Å²) in [6.45, 7) is 17.4. The quantitative estimate of drug-likeness (QED) is 0.197. The van der Waals surface area contributed by atoms with Gasteiger partial charge in [-0.2, -0.15) is 10.1 Å². The highest BCUT2D eigenvalue weighted by Gasteiger charge is 2.43. The van der Waals surface area contributed by atoms with E-state index < -0.39 is 34.2 Å². The van der Waals surface area contributed by atoms with Gasteiger partial charge in [0.25, 0.3) is 0 Å². The number of hydrogen-bond acceptors (Lipinski definition) is 6. The van der Waals surface area contributed by atoms with Crippen LogP contribution in [0.25, 0.3) is 0 Å². The van der Waals surface area contributed by atoms with Gasteiger partial charge < -0.3 is 0 Å². The first-order chi connectivity index (χ1) is 11.8. The van der Waals surface area contributed by atoms with Crippen molar-refractivity contribution in [2.24, 2.45) is 21.1 Å². The summed E-state index contributed by atoms with van der Waals surface area (Å²) in [7, 11) is 0. The topological polar surface area (TPSA) is 121 Å². The number of hydrogen-bond donors (Lipinski definition) is 1. The van der Waals surface area contributed by atoms with E-state index in [1.807, 2.05) is 0 Å². The maximum Gasteiger partial charge on any atom is 0.370 e. The second-order valence-corrected chi connectivity index (χ2v) is 9.82. The Morgan fingerprint density at radius 2 is 1.44 bits per heavy atom. The van der Waals surface area contributed by atoms with E-state index in [0.717, 1.165) is 9.91 Å². The second kappa shape index (κ2) is 8.27. The van der Waals surface area contributed by atoms with Gasteiger partial charge in [-0.3, -0.25) is 5.01 Å². The molecule has 0 aliphatic carbocycles. The number of urea groups is 2. The molecule has 0 aromatic carbocycles. The minimum absolute atomic E-state index is 0.204. The van der Waals surface area contributed by atoms with Gasteiger partial charge in [-0.15, -0.1) is 0 Å². The molecule has 0 saturated heterocycles. The molecule has 0 heterocycles. The molecule has 0 saturated carbocycles. The summed E-state index contributed by atoms with van der Waals surface area (Å²) in [6, 6.07) is -1.54. The highest BCUT2D eigenvalue weighted by Crippen LogP contribution is 2.30. The van der Waals surface area contributed by atoms with Crippen LogP contribution in [0.15, 0.2) is 15.2 Å². The Kier molecular flexibility index (Phi) is 7.62. The van der Waals surface area contributed by atoms with Crippen molar-refractivity contribution in [3.05, 3.63) is 0 Å². The summed E-state index contributed by atoms with van der Waals surface area (Å²) in [4.78, 5) is 41.3. The first-order valence-corrected chi connectivity index (χ1v) is 8.79.